The fourth-order valence-corrected chi connectivity index (χ4v) is 6.20. The molecule has 20 heavy (non-hydrogen) atoms. The Morgan fingerprint density at radius 3 is 3.05 bits per heavy atom. The first-order valence-electron chi connectivity index (χ1n) is 6.56. The number of benzene rings is 1. The number of nitrogens with zero attached hydrogens (tertiary/aromatic N) is 1. The lowest BCUT2D eigenvalue weighted by Gasteiger charge is -2.42. The van der Waals surface area contributed by atoms with Gasteiger partial charge in [-0.15, -0.1) is 0 Å². The van der Waals surface area contributed by atoms with E-state index in [4.69, 9.17) is 16.3 Å². The summed E-state index contributed by atoms with van der Waals surface area (Å²) in [5, 5.41) is 0.687. The van der Waals surface area contributed by atoms with Crippen LogP contribution >= 0.6 is 23.4 Å². The largest absolute Gasteiger partial charge is 0.380 e. The summed E-state index contributed by atoms with van der Waals surface area (Å²) in [6.45, 7) is 1.82. The van der Waals surface area contributed by atoms with Crippen LogP contribution in [0.3, 0.4) is 0 Å². The fourth-order valence-electron chi connectivity index (χ4n) is 2.71. The van der Waals surface area contributed by atoms with Crippen molar-refractivity contribution in [2.24, 2.45) is 0 Å². The van der Waals surface area contributed by atoms with Crippen molar-refractivity contribution in [3.63, 3.8) is 0 Å². The van der Waals surface area contributed by atoms with Crippen LogP contribution in [0.2, 0.25) is 5.02 Å². The third kappa shape index (κ3) is 2.72. The molecule has 0 amide bonds. The molecule has 0 aliphatic carbocycles. The second-order valence-electron chi connectivity index (χ2n) is 4.91. The van der Waals surface area contributed by atoms with Crippen LogP contribution in [-0.2, 0) is 14.8 Å². The Morgan fingerprint density at radius 1 is 1.40 bits per heavy atom. The van der Waals surface area contributed by atoms with Crippen LogP contribution in [0.25, 0.3) is 0 Å². The van der Waals surface area contributed by atoms with E-state index >= 15 is 0 Å². The standard InChI is InChI=1S/C13H16ClNO3S2/c14-10-2-1-3-11(8-10)20(16,17)15-5-7-19-13-9-18-6-4-12(13)15/h1-3,8,12-13H,4-7,9H2/t12-,13-/m0/s1. The summed E-state index contributed by atoms with van der Waals surface area (Å²) in [6.07, 6.45) is 0.761. The molecule has 4 nitrogen and oxygen atoms in total. The molecule has 2 aliphatic heterocycles. The van der Waals surface area contributed by atoms with Crippen LogP contribution < -0.4 is 0 Å². The van der Waals surface area contributed by atoms with E-state index in [2.05, 4.69) is 0 Å². The lowest BCUT2D eigenvalue weighted by Crippen LogP contribution is -2.54. The predicted molar refractivity (Wildman–Crippen MR) is 80.8 cm³/mol. The molecule has 2 fully saturated rings. The van der Waals surface area contributed by atoms with Gasteiger partial charge in [0.05, 0.1) is 11.5 Å². The smallest absolute Gasteiger partial charge is 0.243 e. The molecule has 0 unspecified atom stereocenters. The monoisotopic (exact) mass is 333 g/mol. The third-order valence-electron chi connectivity index (χ3n) is 3.69. The molecule has 0 N–H and O–H groups in total. The maximum atomic E-state index is 12.8. The summed E-state index contributed by atoms with van der Waals surface area (Å²) in [7, 11) is -3.47. The van der Waals surface area contributed by atoms with Gasteiger partial charge in [-0.05, 0) is 24.6 Å². The molecule has 2 saturated heterocycles. The second kappa shape index (κ2) is 5.85. The SMILES string of the molecule is O=S(=O)(c1cccc(Cl)c1)N1CCS[C@H]2COCC[C@@H]21. The Bertz CT molecular complexity index is 591. The molecule has 2 heterocycles. The van der Waals surface area contributed by atoms with E-state index in [0.29, 0.717) is 24.8 Å². The number of rotatable bonds is 2. The summed E-state index contributed by atoms with van der Waals surface area (Å²) in [6, 6.07) is 6.52. The Labute approximate surface area is 128 Å². The van der Waals surface area contributed by atoms with E-state index < -0.39 is 10.0 Å². The number of hydrogen-bond acceptors (Lipinski definition) is 4. The first-order chi connectivity index (χ1) is 9.59. The molecular formula is C13H16ClNO3S2. The van der Waals surface area contributed by atoms with Crippen LogP contribution in [0, 0.1) is 0 Å². The van der Waals surface area contributed by atoms with Crippen LogP contribution in [0.1, 0.15) is 6.42 Å². The summed E-state index contributed by atoms with van der Waals surface area (Å²) in [5.74, 6) is 0.810. The predicted octanol–water partition coefficient (Wildman–Crippen LogP) is 2.24. The molecule has 2 aliphatic rings. The molecule has 0 bridgehead atoms. The lowest BCUT2D eigenvalue weighted by atomic mass is 10.1. The van der Waals surface area contributed by atoms with Gasteiger partial charge in [0, 0.05) is 35.2 Å². The minimum absolute atomic E-state index is 0.0338. The summed E-state index contributed by atoms with van der Waals surface area (Å²) >= 11 is 7.73. The quantitative estimate of drug-likeness (QED) is 0.832. The number of sulfonamides is 1. The fraction of sp³-hybridized carbons (Fsp3) is 0.538. The number of ether oxygens (including phenoxy) is 1. The molecule has 0 saturated carbocycles. The highest BCUT2D eigenvalue weighted by atomic mass is 35.5. The Hall–Kier alpha value is -0.270. The number of thioether (sulfide) groups is 1. The van der Waals surface area contributed by atoms with Crippen molar-refractivity contribution in [1.82, 2.24) is 4.31 Å². The maximum absolute atomic E-state index is 12.8. The highest BCUT2D eigenvalue weighted by Gasteiger charge is 2.40. The summed E-state index contributed by atoms with van der Waals surface area (Å²) in [4.78, 5) is 0.280. The van der Waals surface area contributed by atoms with Crippen LogP contribution in [0.15, 0.2) is 29.2 Å². The van der Waals surface area contributed by atoms with E-state index in [1.54, 1.807) is 22.5 Å². The van der Waals surface area contributed by atoms with Crippen molar-refractivity contribution >= 4 is 33.4 Å². The lowest BCUT2D eigenvalue weighted by molar-refractivity contribution is 0.0625. The topological polar surface area (TPSA) is 46.6 Å². The minimum Gasteiger partial charge on any atom is -0.380 e. The zero-order chi connectivity index (χ0) is 14.2. The molecule has 1 aromatic rings. The van der Waals surface area contributed by atoms with Gasteiger partial charge >= 0.3 is 0 Å². The van der Waals surface area contributed by atoms with E-state index in [1.807, 2.05) is 11.8 Å². The van der Waals surface area contributed by atoms with Gasteiger partial charge in [-0.3, -0.25) is 0 Å². The third-order valence-corrected chi connectivity index (χ3v) is 7.14. The van der Waals surface area contributed by atoms with Crippen molar-refractivity contribution in [2.45, 2.75) is 22.6 Å². The van der Waals surface area contributed by atoms with E-state index in [0.717, 1.165) is 12.2 Å². The second-order valence-corrected chi connectivity index (χ2v) is 8.59. The molecule has 0 spiro atoms. The highest BCUT2D eigenvalue weighted by Crippen LogP contribution is 2.34. The van der Waals surface area contributed by atoms with Gasteiger partial charge < -0.3 is 4.74 Å². The van der Waals surface area contributed by atoms with Gasteiger partial charge in [0.2, 0.25) is 10.0 Å². The Morgan fingerprint density at radius 2 is 2.25 bits per heavy atom. The molecule has 110 valence electrons. The summed E-state index contributed by atoms with van der Waals surface area (Å²) in [5.41, 5.74) is 0. The van der Waals surface area contributed by atoms with E-state index in [-0.39, 0.29) is 16.2 Å². The number of halogens is 1. The van der Waals surface area contributed by atoms with Gasteiger partial charge in [-0.25, -0.2) is 8.42 Å². The average Bonchev–Trinajstić information content (AvgIpc) is 2.46. The zero-order valence-electron chi connectivity index (χ0n) is 10.9. The highest BCUT2D eigenvalue weighted by molar-refractivity contribution is 8.00. The van der Waals surface area contributed by atoms with E-state index in [9.17, 15) is 8.42 Å². The number of hydrogen-bond donors (Lipinski definition) is 0. The first-order valence-corrected chi connectivity index (χ1v) is 9.42. The maximum Gasteiger partial charge on any atom is 0.243 e. The van der Waals surface area contributed by atoms with E-state index in [1.165, 1.54) is 6.07 Å². The Balaban J connectivity index is 1.93. The van der Waals surface area contributed by atoms with Crippen molar-refractivity contribution in [3.05, 3.63) is 29.3 Å². The average molecular weight is 334 g/mol. The minimum atomic E-state index is -3.47. The van der Waals surface area contributed by atoms with Gasteiger partial charge in [-0.2, -0.15) is 16.1 Å². The molecule has 3 rings (SSSR count). The van der Waals surface area contributed by atoms with Gasteiger partial charge in [0.15, 0.2) is 0 Å². The number of fused-ring (bicyclic) bond motifs is 1. The molecular weight excluding hydrogens is 318 g/mol. The summed E-state index contributed by atoms with van der Waals surface area (Å²) < 4.78 is 32.7. The van der Waals surface area contributed by atoms with Crippen molar-refractivity contribution in [1.29, 1.82) is 0 Å². The molecule has 1 aromatic carbocycles. The van der Waals surface area contributed by atoms with Crippen LogP contribution in [-0.4, -0.2) is 49.5 Å². The van der Waals surface area contributed by atoms with Crippen molar-refractivity contribution in [3.8, 4) is 0 Å². The molecule has 2 atom stereocenters. The van der Waals surface area contributed by atoms with Crippen molar-refractivity contribution in [2.75, 3.05) is 25.5 Å². The molecule has 0 radical (unpaired) electrons. The molecule has 0 aromatic heterocycles. The van der Waals surface area contributed by atoms with Crippen LogP contribution in [0.5, 0.6) is 0 Å². The van der Waals surface area contributed by atoms with Gasteiger partial charge in [0.25, 0.3) is 0 Å². The normalized spacial score (nSPS) is 28.1. The first kappa shape index (κ1) is 14.7. The van der Waals surface area contributed by atoms with Gasteiger partial charge in [0.1, 0.15) is 0 Å². The molecule has 7 heteroatoms. The van der Waals surface area contributed by atoms with Crippen molar-refractivity contribution < 1.29 is 13.2 Å². The van der Waals surface area contributed by atoms with Gasteiger partial charge in [-0.1, -0.05) is 17.7 Å². The Kier molecular flexibility index (Phi) is 4.29. The van der Waals surface area contributed by atoms with Crippen LogP contribution in [0.4, 0.5) is 0 Å². The zero-order valence-corrected chi connectivity index (χ0v) is 13.3.